The number of ether oxygens (including phenoxy) is 1. The molecule has 2 aliphatic rings. The number of benzene rings is 2. The standard InChI is InChI=1S/C23H24F2N4O3S2/c1-14-6-8-29(21(10-14)15-2-5-18(24)19(25)11-15)20-7-9-32-22-12-16(3-4-17(20)22)34(30,31)28-23-26-13-27-33-23/h2-5,11-14,20-21H,6-10H2,1H3,(H,26,27,28)/t14-,20+,21+/m1/s1. The topological polar surface area (TPSA) is 84.4 Å². The van der Waals surface area contributed by atoms with Crippen LogP contribution in [0.15, 0.2) is 47.6 Å². The highest BCUT2D eigenvalue weighted by molar-refractivity contribution is 7.93. The minimum absolute atomic E-state index is 0.0257. The number of piperidine rings is 1. The first-order valence-electron chi connectivity index (χ1n) is 11.1. The van der Waals surface area contributed by atoms with Crippen LogP contribution in [0.3, 0.4) is 0 Å². The average molecular weight is 507 g/mol. The van der Waals surface area contributed by atoms with Gasteiger partial charge in [0.15, 0.2) is 11.6 Å². The lowest BCUT2D eigenvalue weighted by atomic mass is 9.85. The number of aromatic nitrogens is 2. The van der Waals surface area contributed by atoms with Crippen LogP contribution in [-0.4, -0.2) is 35.8 Å². The fourth-order valence-electron chi connectivity index (χ4n) is 4.83. The Morgan fingerprint density at radius 1 is 1.12 bits per heavy atom. The zero-order valence-corrected chi connectivity index (χ0v) is 20.1. The number of anilines is 1. The van der Waals surface area contributed by atoms with E-state index in [1.54, 1.807) is 18.2 Å². The van der Waals surface area contributed by atoms with Crippen LogP contribution in [-0.2, 0) is 10.0 Å². The van der Waals surface area contributed by atoms with Gasteiger partial charge in [-0.2, -0.15) is 4.37 Å². The summed E-state index contributed by atoms with van der Waals surface area (Å²) in [5.41, 5.74) is 1.64. The van der Waals surface area contributed by atoms with Gasteiger partial charge in [0.05, 0.1) is 11.5 Å². The number of halogens is 2. The summed E-state index contributed by atoms with van der Waals surface area (Å²) in [5.74, 6) is -0.737. The predicted molar refractivity (Wildman–Crippen MR) is 124 cm³/mol. The summed E-state index contributed by atoms with van der Waals surface area (Å²) < 4.78 is 65.3. The molecule has 0 aliphatic carbocycles. The van der Waals surface area contributed by atoms with E-state index < -0.39 is 21.7 Å². The Morgan fingerprint density at radius 2 is 1.97 bits per heavy atom. The van der Waals surface area contributed by atoms with E-state index in [4.69, 9.17) is 4.74 Å². The molecule has 1 fully saturated rings. The van der Waals surface area contributed by atoms with E-state index in [0.717, 1.165) is 48.5 Å². The maximum absolute atomic E-state index is 14.0. The van der Waals surface area contributed by atoms with Crippen molar-refractivity contribution in [2.24, 2.45) is 5.92 Å². The molecule has 2 aliphatic heterocycles. The zero-order chi connectivity index (χ0) is 23.9. The SMILES string of the molecule is C[C@@H]1CCN([C@H]2CCOc3cc(S(=O)(=O)Nc4ncns4)ccc32)[C@H](c2ccc(F)c(F)c2)C1. The Kier molecular flexibility index (Phi) is 6.26. The van der Waals surface area contributed by atoms with Crippen molar-refractivity contribution in [3.8, 4) is 5.75 Å². The van der Waals surface area contributed by atoms with E-state index in [2.05, 4.69) is 25.9 Å². The fourth-order valence-corrected chi connectivity index (χ4v) is 6.51. The first kappa shape index (κ1) is 23.1. The van der Waals surface area contributed by atoms with Crippen LogP contribution in [0, 0.1) is 17.6 Å². The zero-order valence-electron chi connectivity index (χ0n) is 18.4. The molecule has 11 heteroatoms. The molecule has 0 saturated carbocycles. The predicted octanol–water partition coefficient (Wildman–Crippen LogP) is 4.91. The number of hydrogen-bond acceptors (Lipinski definition) is 7. The van der Waals surface area contributed by atoms with Gasteiger partial charge in [0.25, 0.3) is 10.0 Å². The summed E-state index contributed by atoms with van der Waals surface area (Å²) in [7, 11) is -3.84. The molecule has 180 valence electrons. The largest absolute Gasteiger partial charge is 0.493 e. The highest BCUT2D eigenvalue weighted by Crippen LogP contribution is 2.45. The van der Waals surface area contributed by atoms with E-state index in [9.17, 15) is 17.2 Å². The van der Waals surface area contributed by atoms with Crippen molar-refractivity contribution in [1.82, 2.24) is 14.3 Å². The molecule has 0 unspecified atom stereocenters. The van der Waals surface area contributed by atoms with Gasteiger partial charge in [-0.3, -0.25) is 9.62 Å². The van der Waals surface area contributed by atoms with Gasteiger partial charge in [0.2, 0.25) is 5.13 Å². The van der Waals surface area contributed by atoms with E-state index >= 15 is 0 Å². The number of likely N-dealkylation sites (tertiary alicyclic amines) is 1. The van der Waals surface area contributed by atoms with E-state index in [1.165, 1.54) is 24.5 Å². The summed E-state index contributed by atoms with van der Waals surface area (Å²) in [6.07, 6.45) is 3.82. The molecule has 3 heterocycles. The number of nitrogens with one attached hydrogen (secondary N) is 1. The van der Waals surface area contributed by atoms with Gasteiger partial charge < -0.3 is 4.74 Å². The molecular weight excluding hydrogens is 482 g/mol. The third-order valence-electron chi connectivity index (χ3n) is 6.52. The number of sulfonamides is 1. The van der Waals surface area contributed by atoms with Crippen molar-refractivity contribution in [1.29, 1.82) is 0 Å². The summed E-state index contributed by atoms with van der Waals surface area (Å²) in [6, 6.07) is 8.91. The average Bonchev–Trinajstić information content (AvgIpc) is 3.32. The van der Waals surface area contributed by atoms with Crippen molar-refractivity contribution in [3.05, 3.63) is 65.5 Å². The number of rotatable bonds is 5. The van der Waals surface area contributed by atoms with E-state index in [0.29, 0.717) is 18.3 Å². The molecule has 0 bridgehead atoms. The van der Waals surface area contributed by atoms with E-state index in [1.807, 2.05) is 0 Å². The van der Waals surface area contributed by atoms with Crippen LogP contribution >= 0.6 is 11.5 Å². The lowest BCUT2D eigenvalue weighted by Crippen LogP contribution is -2.40. The number of nitrogens with zero attached hydrogens (tertiary/aromatic N) is 3. The molecule has 3 atom stereocenters. The highest BCUT2D eigenvalue weighted by Gasteiger charge is 2.36. The lowest BCUT2D eigenvalue weighted by Gasteiger charge is -2.45. The summed E-state index contributed by atoms with van der Waals surface area (Å²) >= 11 is 0.953. The molecule has 2 aromatic carbocycles. The van der Waals surface area contributed by atoms with Crippen LogP contribution in [0.4, 0.5) is 13.9 Å². The van der Waals surface area contributed by atoms with Gasteiger partial charge >= 0.3 is 0 Å². The third-order valence-corrected chi connectivity index (χ3v) is 8.57. The quantitative estimate of drug-likeness (QED) is 0.529. The molecule has 0 spiro atoms. The third kappa shape index (κ3) is 4.51. The Morgan fingerprint density at radius 3 is 2.74 bits per heavy atom. The van der Waals surface area contributed by atoms with Crippen LogP contribution in [0.2, 0.25) is 0 Å². The molecule has 0 radical (unpaired) electrons. The summed E-state index contributed by atoms with van der Waals surface area (Å²) in [4.78, 5) is 6.27. The first-order valence-corrected chi connectivity index (χ1v) is 13.3. The minimum Gasteiger partial charge on any atom is -0.493 e. The fraction of sp³-hybridized carbons (Fsp3) is 0.391. The maximum atomic E-state index is 14.0. The normalized spacial score (nSPS) is 23.2. The van der Waals surface area contributed by atoms with Crippen molar-refractivity contribution in [2.45, 2.75) is 43.2 Å². The van der Waals surface area contributed by atoms with Gasteiger partial charge in [-0.1, -0.05) is 19.1 Å². The van der Waals surface area contributed by atoms with E-state index in [-0.39, 0.29) is 22.1 Å². The number of hydrogen-bond donors (Lipinski definition) is 1. The summed E-state index contributed by atoms with van der Waals surface area (Å²) in [6.45, 7) is 3.40. The number of fused-ring (bicyclic) bond motifs is 1. The molecular formula is C23H24F2N4O3S2. The molecule has 0 amide bonds. The molecule has 7 nitrogen and oxygen atoms in total. The van der Waals surface area contributed by atoms with Gasteiger partial charge in [0, 0.05) is 41.7 Å². The van der Waals surface area contributed by atoms with Crippen LogP contribution in [0.25, 0.3) is 0 Å². The van der Waals surface area contributed by atoms with Gasteiger partial charge in [-0.15, -0.1) is 0 Å². The van der Waals surface area contributed by atoms with Gasteiger partial charge in [-0.25, -0.2) is 22.2 Å². The molecule has 5 rings (SSSR count). The maximum Gasteiger partial charge on any atom is 0.263 e. The van der Waals surface area contributed by atoms with Crippen LogP contribution < -0.4 is 9.46 Å². The van der Waals surface area contributed by atoms with Crippen LogP contribution in [0.5, 0.6) is 5.75 Å². The van der Waals surface area contributed by atoms with Crippen molar-refractivity contribution in [2.75, 3.05) is 17.9 Å². The minimum atomic E-state index is -3.84. The Balaban J connectivity index is 1.46. The monoisotopic (exact) mass is 506 g/mol. The second-order valence-electron chi connectivity index (χ2n) is 8.76. The molecule has 1 aromatic heterocycles. The summed E-state index contributed by atoms with van der Waals surface area (Å²) in [5, 5.41) is 0.188. The Hall–Kier alpha value is -2.63. The lowest BCUT2D eigenvalue weighted by molar-refractivity contribution is 0.0486. The Bertz CT molecular complexity index is 1290. The van der Waals surface area contributed by atoms with Crippen molar-refractivity contribution in [3.63, 3.8) is 0 Å². The highest BCUT2D eigenvalue weighted by atomic mass is 32.2. The van der Waals surface area contributed by atoms with Crippen LogP contribution in [0.1, 0.15) is 49.4 Å². The van der Waals surface area contributed by atoms with Gasteiger partial charge in [0.1, 0.15) is 12.1 Å². The van der Waals surface area contributed by atoms with Crippen molar-refractivity contribution < 1.29 is 21.9 Å². The van der Waals surface area contributed by atoms with Gasteiger partial charge in [-0.05, 0) is 49.1 Å². The molecule has 34 heavy (non-hydrogen) atoms. The Labute approximate surface area is 201 Å². The smallest absolute Gasteiger partial charge is 0.263 e. The second-order valence-corrected chi connectivity index (χ2v) is 11.2. The van der Waals surface area contributed by atoms with Crippen molar-refractivity contribution >= 4 is 26.7 Å². The first-order chi connectivity index (χ1) is 16.3. The molecule has 1 N–H and O–H groups in total. The second kappa shape index (κ2) is 9.20. The molecule has 3 aromatic rings. The molecule has 1 saturated heterocycles.